The van der Waals surface area contributed by atoms with Crippen molar-refractivity contribution in [3.63, 3.8) is 0 Å². The highest BCUT2D eigenvalue weighted by molar-refractivity contribution is 9.10. The monoisotopic (exact) mass is 474 g/mol. The van der Waals surface area contributed by atoms with Gasteiger partial charge in [-0.25, -0.2) is 0 Å². The van der Waals surface area contributed by atoms with Gasteiger partial charge in [0.15, 0.2) is 0 Å². The fraction of sp³-hybridized carbons (Fsp3) is 0.333. The standard InChI is InChI=1S/C21H23BrN4O4/c1-14-11-16(22)6-7-17(14)23-20(27)13-24(2)21(28)15-5-8-18(19(12-15)26(29)30)25-9-3-4-10-25/h5-8,11-12H,3-4,9-10,13H2,1-2H3,(H,23,27). The van der Waals surface area contributed by atoms with Gasteiger partial charge in [-0.2, -0.15) is 0 Å². The molecule has 1 heterocycles. The zero-order valence-electron chi connectivity index (χ0n) is 16.9. The van der Waals surface area contributed by atoms with Crippen LogP contribution in [-0.4, -0.2) is 48.3 Å². The van der Waals surface area contributed by atoms with Crippen molar-refractivity contribution in [3.8, 4) is 0 Å². The molecule has 2 amide bonds. The van der Waals surface area contributed by atoms with Gasteiger partial charge in [-0.05, 0) is 55.7 Å². The van der Waals surface area contributed by atoms with Crippen LogP contribution in [0.5, 0.6) is 0 Å². The average Bonchev–Trinajstić information content (AvgIpc) is 3.23. The maximum Gasteiger partial charge on any atom is 0.293 e. The Morgan fingerprint density at radius 1 is 1.20 bits per heavy atom. The van der Waals surface area contributed by atoms with Gasteiger partial charge in [-0.1, -0.05) is 15.9 Å². The Labute approximate surface area is 183 Å². The molecule has 1 N–H and O–H groups in total. The highest BCUT2D eigenvalue weighted by atomic mass is 79.9. The number of hydrogen-bond donors (Lipinski definition) is 1. The average molecular weight is 475 g/mol. The molecule has 0 bridgehead atoms. The van der Waals surface area contributed by atoms with E-state index in [4.69, 9.17) is 0 Å². The van der Waals surface area contributed by atoms with Crippen LogP contribution in [0.15, 0.2) is 40.9 Å². The quantitative estimate of drug-likeness (QED) is 0.504. The minimum Gasteiger partial charge on any atom is -0.366 e. The van der Waals surface area contributed by atoms with Crippen LogP contribution in [0.2, 0.25) is 0 Å². The Morgan fingerprint density at radius 2 is 1.90 bits per heavy atom. The summed E-state index contributed by atoms with van der Waals surface area (Å²) in [6.45, 7) is 3.24. The number of benzene rings is 2. The number of anilines is 2. The maximum atomic E-state index is 12.8. The van der Waals surface area contributed by atoms with E-state index in [1.165, 1.54) is 18.0 Å². The number of nitro groups is 1. The van der Waals surface area contributed by atoms with Crippen LogP contribution in [0, 0.1) is 17.0 Å². The summed E-state index contributed by atoms with van der Waals surface area (Å²) >= 11 is 3.37. The van der Waals surface area contributed by atoms with Gasteiger partial charge in [0.05, 0.1) is 11.5 Å². The van der Waals surface area contributed by atoms with E-state index < -0.39 is 10.8 Å². The van der Waals surface area contributed by atoms with Crippen LogP contribution in [0.1, 0.15) is 28.8 Å². The summed E-state index contributed by atoms with van der Waals surface area (Å²) < 4.78 is 0.907. The molecule has 0 aromatic heterocycles. The van der Waals surface area contributed by atoms with Crippen molar-refractivity contribution in [1.82, 2.24) is 4.90 Å². The van der Waals surface area contributed by atoms with Crippen LogP contribution >= 0.6 is 15.9 Å². The van der Waals surface area contributed by atoms with E-state index in [-0.39, 0.29) is 23.7 Å². The van der Waals surface area contributed by atoms with Crippen LogP contribution in [0.25, 0.3) is 0 Å². The largest absolute Gasteiger partial charge is 0.366 e. The number of likely N-dealkylation sites (N-methyl/N-ethyl adjacent to an activating group) is 1. The van der Waals surface area contributed by atoms with E-state index >= 15 is 0 Å². The topological polar surface area (TPSA) is 95.8 Å². The Balaban J connectivity index is 1.71. The molecule has 8 nitrogen and oxygen atoms in total. The van der Waals surface area contributed by atoms with Gasteiger partial charge in [0.25, 0.3) is 11.6 Å². The third-order valence-corrected chi connectivity index (χ3v) is 5.55. The Hall–Kier alpha value is -2.94. The smallest absolute Gasteiger partial charge is 0.293 e. The van der Waals surface area contributed by atoms with Gasteiger partial charge < -0.3 is 15.1 Å². The van der Waals surface area contributed by atoms with Crippen molar-refractivity contribution in [2.45, 2.75) is 19.8 Å². The summed E-state index contributed by atoms with van der Waals surface area (Å²) in [6.07, 6.45) is 1.99. The van der Waals surface area contributed by atoms with E-state index in [1.807, 2.05) is 24.0 Å². The van der Waals surface area contributed by atoms with Crippen LogP contribution in [-0.2, 0) is 4.79 Å². The molecule has 2 aromatic carbocycles. The third kappa shape index (κ3) is 4.96. The molecular weight excluding hydrogens is 452 g/mol. The number of nitrogens with one attached hydrogen (secondary N) is 1. The number of nitrogens with zero attached hydrogens (tertiary/aromatic N) is 3. The molecular formula is C21H23BrN4O4. The molecule has 0 radical (unpaired) electrons. The van der Waals surface area contributed by atoms with Crippen molar-refractivity contribution in [2.75, 3.05) is 36.9 Å². The van der Waals surface area contributed by atoms with Gasteiger partial charge >= 0.3 is 0 Å². The molecule has 3 rings (SSSR count). The van der Waals surface area contributed by atoms with Crippen molar-refractivity contribution < 1.29 is 14.5 Å². The van der Waals surface area contributed by atoms with Crippen molar-refractivity contribution in [1.29, 1.82) is 0 Å². The van der Waals surface area contributed by atoms with Crippen molar-refractivity contribution >= 4 is 44.8 Å². The molecule has 2 aromatic rings. The van der Waals surface area contributed by atoms with Crippen LogP contribution in [0.3, 0.4) is 0 Å². The first-order valence-corrected chi connectivity index (χ1v) is 10.4. The Bertz CT molecular complexity index is 989. The first-order chi connectivity index (χ1) is 14.3. The highest BCUT2D eigenvalue weighted by Crippen LogP contribution is 2.32. The van der Waals surface area contributed by atoms with Crippen LogP contribution < -0.4 is 10.2 Å². The lowest BCUT2D eigenvalue weighted by molar-refractivity contribution is -0.384. The van der Waals surface area contributed by atoms with E-state index in [0.717, 1.165) is 36.0 Å². The molecule has 0 spiro atoms. The second-order valence-corrected chi connectivity index (χ2v) is 8.24. The molecule has 1 saturated heterocycles. The molecule has 30 heavy (non-hydrogen) atoms. The molecule has 0 unspecified atom stereocenters. The Kier molecular flexibility index (Phi) is 6.71. The summed E-state index contributed by atoms with van der Waals surface area (Å²) in [5.74, 6) is -0.798. The van der Waals surface area contributed by atoms with E-state index in [0.29, 0.717) is 11.4 Å². The predicted octanol–water partition coefficient (Wildman–Crippen LogP) is 3.98. The predicted molar refractivity (Wildman–Crippen MR) is 119 cm³/mol. The van der Waals surface area contributed by atoms with Gasteiger partial charge in [0.2, 0.25) is 5.91 Å². The first kappa shape index (κ1) is 21.8. The third-order valence-electron chi connectivity index (χ3n) is 5.06. The number of aryl methyl sites for hydroxylation is 1. The highest BCUT2D eigenvalue weighted by Gasteiger charge is 2.25. The van der Waals surface area contributed by atoms with Gasteiger partial charge in [0, 0.05) is 41.9 Å². The second kappa shape index (κ2) is 9.25. The molecule has 0 atom stereocenters. The maximum absolute atomic E-state index is 12.8. The number of carbonyl (C=O) groups is 2. The summed E-state index contributed by atoms with van der Waals surface area (Å²) in [6, 6.07) is 9.97. The zero-order chi connectivity index (χ0) is 21.8. The molecule has 158 valence electrons. The number of halogens is 1. The molecule has 9 heteroatoms. The fourth-order valence-corrected chi connectivity index (χ4v) is 3.97. The number of hydrogen-bond acceptors (Lipinski definition) is 5. The minimum absolute atomic E-state index is 0.0916. The van der Waals surface area contributed by atoms with Gasteiger partial charge in [-0.3, -0.25) is 19.7 Å². The van der Waals surface area contributed by atoms with Crippen molar-refractivity contribution in [3.05, 3.63) is 62.1 Å². The van der Waals surface area contributed by atoms with Crippen molar-refractivity contribution in [2.24, 2.45) is 0 Å². The lowest BCUT2D eigenvalue weighted by Gasteiger charge is -2.20. The molecule has 1 aliphatic rings. The summed E-state index contributed by atoms with van der Waals surface area (Å²) in [4.78, 5) is 39.4. The molecule has 0 aliphatic carbocycles. The van der Waals surface area contributed by atoms with E-state index in [1.54, 1.807) is 18.2 Å². The van der Waals surface area contributed by atoms with Gasteiger partial charge in [0.1, 0.15) is 5.69 Å². The number of nitro benzene ring substituents is 1. The van der Waals surface area contributed by atoms with E-state index in [2.05, 4.69) is 21.2 Å². The Morgan fingerprint density at radius 3 is 2.53 bits per heavy atom. The minimum atomic E-state index is -0.465. The first-order valence-electron chi connectivity index (χ1n) is 9.61. The SMILES string of the molecule is Cc1cc(Br)ccc1NC(=O)CN(C)C(=O)c1ccc(N2CCCC2)c([N+](=O)[O-])c1. The zero-order valence-corrected chi connectivity index (χ0v) is 18.4. The van der Waals surface area contributed by atoms with Gasteiger partial charge in [-0.15, -0.1) is 0 Å². The van der Waals surface area contributed by atoms with E-state index in [9.17, 15) is 19.7 Å². The lowest BCUT2D eigenvalue weighted by atomic mass is 10.1. The molecule has 1 aliphatic heterocycles. The summed E-state index contributed by atoms with van der Waals surface area (Å²) in [5.41, 5.74) is 2.17. The lowest BCUT2D eigenvalue weighted by Crippen LogP contribution is -2.35. The summed E-state index contributed by atoms with van der Waals surface area (Å²) in [7, 11) is 1.50. The number of rotatable bonds is 6. The number of amides is 2. The second-order valence-electron chi connectivity index (χ2n) is 7.32. The molecule has 0 saturated carbocycles. The fourth-order valence-electron chi connectivity index (χ4n) is 3.49. The van der Waals surface area contributed by atoms with Crippen LogP contribution in [0.4, 0.5) is 17.1 Å². The normalized spacial score (nSPS) is 13.2. The summed E-state index contributed by atoms with van der Waals surface area (Å²) in [5, 5.41) is 14.3. The number of carbonyl (C=O) groups excluding carboxylic acids is 2. The molecule has 1 fully saturated rings.